The molecule has 0 aromatic rings. The first-order chi connectivity index (χ1) is 6.70. The molecule has 0 bridgehead atoms. The number of carbonyl (C=O) groups excluding carboxylic acids is 2. The van der Waals surface area contributed by atoms with Crippen LogP contribution in [0.3, 0.4) is 0 Å². The van der Waals surface area contributed by atoms with Crippen molar-refractivity contribution in [2.75, 3.05) is 6.61 Å². The Morgan fingerprint density at radius 2 is 1.67 bits per heavy atom. The predicted molar refractivity (Wildman–Crippen MR) is 49.1 cm³/mol. The van der Waals surface area contributed by atoms with E-state index >= 15 is 0 Å². The molecule has 0 aliphatic heterocycles. The Labute approximate surface area is 87.2 Å². The monoisotopic (exact) mass is 218 g/mol. The Morgan fingerprint density at radius 3 is 2.07 bits per heavy atom. The molecule has 0 saturated carbocycles. The molecule has 0 atom stereocenters. The SMILES string of the molecule is CC(C)(C)OC(=O)COC(=O)CC(=O)O. The van der Waals surface area contributed by atoms with Crippen molar-refractivity contribution < 1.29 is 29.0 Å². The number of esters is 2. The van der Waals surface area contributed by atoms with Gasteiger partial charge >= 0.3 is 17.9 Å². The van der Waals surface area contributed by atoms with E-state index in [0.717, 1.165) is 0 Å². The van der Waals surface area contributed by atoms with Crippen LogP contribution in [0.2, 0.25) is 0 Å². The molecule has 0 saturated heterocycles. The highest BCUT2D eigenvalue weighted by atomic mass is 16.6. The molecule has 0 aromatic carbocycles. The van der Waals surface area contributed by atoms with Crippen LogP contribution in [-0.4, -0.2) is 35.2 Å². The van der Waals surface area contributed by atoms with E-state index in [0.29, 0.717) is 0 Å². The van der Waals surface area contributed by atoms with E-state index in [1.807, 2.05) is 0 Å². The molecule has 15 heavy (non-hydrogen) atoms. The van der Waals surface area contributed by atoms with E-state index in [1.54, 1.807) is 20.8 Å². The van der Waals surface area contributed by atoms with Gasteiger partial charge in [-0.3, -0.25) is 9.59 Å². The van der Waals surface area contributed by atoms with Crippen LogP contribution in [0.4, 0.5) is 0 Å². The predicted octanol–water partition coefficient (Wildman–Crippen LogP) is 0.346. The standard InChI is InChI=1S/C9H14O6/c1-9(2,3)15-8(13)5-14-7(12)4-6(10)11/h4-5H2,1-3H3,(H,10,11). The molecule has 0 heterocycles. The van der Waals surface area contributed by atoms with Gasteiger partial charge in [0.15, 0.2) is 6.61 Å². The topological polar surface area (TPSA) is 89.9 Å². The molecule has 0 radical (unpaired) electrons. The van der Waals surface area contributed by atoms with Gasteiger partial charge in [0, 0.05) is 0 Å². The number of ether oxygens (including phenoxy) is 2. The molecule has 0 rings (SSSR count). The molecular formula is C9H14O6. The van der Waals surface area contributed by atoms with Crippen molar-refractivity contribution in [1.29, 1.82) is 0 Å². The zero-order valence-corrected chi connectivity index (χ0v) is 8.90. The Hall–Kier alpha value is -1.59. The third-order valence-corrected chi connectivity index (χ3v) is 1.07. The van der Waals surface area contributed by atoms with Crippen LogP contribution < -0.4 is 0 Å². The van der Waals surface area contributed by atoms with Gasteiger partial charge in [-0.25, -0.2) is 4.79 Å². The summed E-state index contributed by atoms with van der Waals surface area (Å²) in [5, 5.41) is 8.22. The average molecular weight is 218 g/mol. The maximum Gasteiger partial charge on any atom is 0.344 e. The van der Waals surface area contributed by atoms with E-state index in [-0.39, 0.29) is 0 Å². The second-order valence-electron chi connectivity index (χ2n) is 3.82. The zero-order valence-electron chi connectivity index (χ0n) is 8.90. The van der Waals surface area contributed by atoms with E-state index in [4.69, 9.17) is 9.84 Å². The Morgan fingerprint density at radius 1 is 1.13 bits per heavy atom. The lowest BCUT2D eigenvalue weighted by Gasteiger charge is -2.19. The van der Waals surface area contributed by atoms with E-state index < -0.39 is 36.5 Å². The third-order valence-electron chi connectivity index (χ3n) is 1.07. The smallest absolute Gasteiger partial charge is 0.344 e. The molecule has 0 fully saturated rings. The highest BCUT2D eigenvalue weighted by Crippen LogP contribution is 2.06. The summed E-state index contributed by atoms with van der Waals surface area (Å²) < 4.78 is 9.20. The fraction of sp³-hybridized carbons (Fsp3) is 0.667. The lowest BCUT2D eigenvalue weighted by Crippen LogP contribution is -2.27. The molecule has 0 aliphatic carbocycles. The van der Waals surface area contributed by atoms with Gasteiger partial charge in [-0.2, -0.15) is 0 Å². The van der Waals surface area contributed by atoms with Crippen molar-refractivity contribution >= 4 is 17.9 Å². The number of hydrogen-bond donors (Lipinski definition) is 1. The number of carboxylic acids is 1. The first-order valence-corrected chi connectivity index (χ1v) is 4.30. The Balaban J connectivity index is 3.82. The molecular weight excluding hydrogens is 204 g/mol. The first-order valence-electron chi connectivity index (χ1n) is 4.30. The summed E-state index contributed by atoms with van der Waals surface area (Å²) in [4.78, 5) is 31.8. The maximum absolute atomic E-state index is 11.0. The summed E-state index contributed by atoms with van der Waals surface area (Å²) in [7, 11) is 0. The Bertz CT molecular complexity index is 262. The maximum atomic E-state index is 11.0. The average Bonchev–Trinajstić information content (AvgIpc) is 1.96. The highest BCUT2D eigenvalue weighted by Gasteiger charge is 2.18. The number of aliphatic carboxylic acids is 1. The van der Waals surface area contributed by atoms with Crippen LogP contribution in [0, 0.1) is 0 Å². The van der Waals surface area contributed by atoms with E-state index in [1.165, 1.54) is 0 Å². The van der Waals surface area contributed by atoms with Crippen molar-refractivity contribution in [3.05, 3.63) is 0 Å². The number of carboxylic acid groups (broad SMARTS) is 1. The minimum atomic E-state index is -1.30. The molecule has 0 aliphatic rings. The summed E-state index contributed by atoms with van der Waals surface area (Å²) in [5.74, 6) is -2.97. The molecule has 0 spiro atoms. The molecule has 0 aromatic heterocycles. The second-order valence-corrected chi connectivity index (χ2v) is 3.82. The van der Waals surface area contributed by atoms with Gasteiger partial charge in [-0.05, 0) is 20.8 Å². The van der Waals surface area contributed by atoms with Gasteiger partial charge in [0.05, 0.1) is 0 Å². The van der Waals surface area contributed by atoms with Gasteiger partial charge < -0.3 is 14.6 Å². The zero-order chi connectivity index (χ0) is 12.1. The largest absolute Gasteiger partial charge is 0.481 e. The molecule has 86 valence electrons. The number of hydrogen-bond acceptors (Lipinski definition) is 5. The molecule has 6 heteroatoms. The van der Waals surface area contributed by atoms with Gasteiger partial charge in [-0.15, -0.1) is 0 Å². The molecule has 0 amide bonds. The molecule has 0 unspecified atom stereocenters. The summed E-state index contributed by atoms with van der Waals surface area (Å²) in [5.41, 5.74) is -0.656. The van der Waals surface area contributed by atoms with Crippen LogP contribution >= 0.6 is 0 Å². The molecule has 1 N–H and O–H groups in total. The third kappa shape index (κ3) is 8.73. The summed E-state index contributed by atoms with van der Waals surface area (Å²) in [6, 6.07) is 0. The van der Waals surface area contributed by atoms with Crippen molar-refractivity contribution in [2.45, 2.75) is 32.8 Å². The van der Waals surface area contributed by atoms with Crippen molar-refractivity contribution in [2.24, 2.45) is 0 Å². The van der Waals surface area contributed by atoms with Gasteiger partial charge in [0.25, 0.3) is 0 Å². The Kier molecular flexibility index (Phi) is 4.77. The highest BCUT2D eigenvalue weighted by molar-refractivity contribution is 5.90. The fourth-order valence-electron chi connectivity index (χ4n) is 0.685. The van der Waals surface area contributed by atoms with E-state index in [9.17, 15) is 14.4 Å². The number of carbonyl (C=O) groups is 3. The number of rotatable bonds is 4. The lowest BCUT2D eigenvalue weighted by atomic mass is 10.2. The van der Waals surface area contributed by atoms with E-state index in [2.05, 4.69) is 4.74 Å². The minimum absolute atomic E-state index is 0.566. The van der Waals surface area contributed by atoms with Crippen molar-refractivity contribution in [3.8, 4) is 0 Å². The molecule has 6 nitrogen and oxygen atoms in total. The fourth-order valence-corrected chi connectivity index (χ4v) is 0.685. The second kappa shape index (κ2) is 5.33. The first kappa shape index (κ1) is 13.4. The summed E-state index contributed by atoms with van der Waals surface area (Å²) in [6.07, 6.45) is -0.761. The van der Waals surface area contributed by atoms with Gasteiger partial charge in [0.2, 0.25) is 0 Å². The summed E-state index contributed by atoms with van der Waals surface area (Å²) >= 11 is 0. The minimum Gasteiger partial charge on any atom is -0.481 e. The van der Waals surface area contributed by atoms with Crippen LogP contribution in [0.25, 0.3) is 0 Å². The van der Waals surface area contributed by atoms with Crippen LogP contribution in [0.15, 0.2) is 0 Å². The van der Waals surface area contributed by atoms with Crippen molar-refractivity contribution in [1.82, 2.24) is 0 Å². The van der Waals surface area contributed by atoms with Crippen molar-refractivity contribution in [3.63, 3.8) is 0 Å². The quantitative estimate of drug-likeness (QED) is 0.540. The van der Waals surface area contributed by atoms with Crippen LogP contribution in [0.1, 0.15) is 27.2 Å². The lowest BCUT2D eigenvalue weighted by molar-refractivity contribution is -0.168. The van der Waals surface area contributed by atoms with Crippen LogP contribution in [-0.2, 0) is 23.9 Å². The van der Waals surface area contributed by atoms with Crippen LogP contribution in [0.5, 0.6) is 0 Å². The van der Waals surface area contributed by atoms with Gasteiger partial charge in [0.1, 0.15) is 12.0 Å². The normalized spacial score (nSPS) is 10.6. The summed E-state index contributed by atoms with van der Waals surface area (Å²) in [6.45, 7) is 4.45. The van der Waals surface area contributed by atoms with Gasteiger partial charge in [-0.1, -0.05) is 0 Å².